The zero-order chi connectivity index (χ0) is 28.9. The molecule has 3 aromatic rings. The lowest BCUT2D eigenvalue weighted by Crippen LogP contribution is -2.37. The van der Waals surface area contributed by atoms with Gasteiger partial charge in [-0.05, 0) is 44.8 Å². The molecule has 2 N–H and O–H groups in total. The van der Waals surface area contributed by atoms with Crippen molar-refractivity contribution in [1.29, 1.82) is 0 Å². The lowest BCUT2D eigenvalue weighted by Gasteiger charge is -2.27. The zero-order valence-electron chi connectivity index (χ0n) is 22.5. The topological polar surface area (TPSA) is 108 Å². The predicted molar refractivity (Wildman–Crippen MR) is 143 cm³/mol. The Balaban J connectivity index is 1.70. The molecule has 1 atom stereocenters. The van der Waals surface area contributed by atoms with Crippen molar-refractivity contribution in [3.8, 4) is 17.0 Å². The fourth-order valence-corrected chi connectivity index (χ4v) is 6.33. The van der Waals surface area contributed by atoms with Crippen molar-refractivity contribution in [3.63, 3.8) is 0 Å². The number of carbonyl (C=O) groups excluding carboxylic acids is 1. The van der Waals surface area contributed by atoms with Crippen molar-refractivity contribution in [2.75, 3.05) is 31.1 Å². The Morgan fingerprint density at radius 1 is 1.20 bits per heavy atom. The summed E-state index contributed by atoms with van der Waals surface area (Å²) in [7, 11) is 1.92. The molecule has 2 aliphatic rings. The van der Waals surface area contributed by atoms with Crippen LogP contribution in [0.15, 0.2) is 23.0 Å². The van der Waals surface area contributed by atoms with Crippen LogP contribution in [0.25, 0.3) is 22.2 Å². The smallest absolute Gasteiger partial charge is 0.477 e. The van der Waals surface area contributed by atoms with E-state index in [-0.39, 0.29) is 17.7 Å². The van der Waals surface area contributed by atoms with Gasteiger partial charge in [-0.2, -0.15) is 13.2 Å². The van der Waals surface area contributed by atoms with Crippen molar-refractivity contribution < 1.29 is 32.6 Å². The molecule has 0 amide bonds. The number of carboxylic acids is 1. The van der Waals surface area contributed by atoms with E-state index in [1.165, 1.54) is 0 Å². The molecule has 214 valence electrons. The number of aromatic nitrogens is 2. The van der Waals surface area contributed by atoms with E-state index in [2.05, 4.69) is 33.4 Å². The van der Waals surface area contributed by atoms with Gasteiger partial charge in [0.15, 0.2) is 11.3 Å². The molecule has 1 unspecified atom stereocenters. The van der Waals surface area contributed by atoms with E-state index < -0.39 is 35.0 Å². The summed E-state index contributed by atoms with van der Waals surface area (Å²) in [6.07, 6.45) is -3.28. The third-order valence-corrected chi connectivity index (χ3v) is 8.14. The van der Waals surface area contributed by atoms with Crippen LogP contribution in [-0.4, -0.2) is 69.9 Å². The summed E-state index contributed by atoms with van der Waals surface area (Å²) in [5.41, 5.74) is 1.46. The molecule has 40 heavy (non-hydrogen) atoms. The fraction of sp³-hybridized carbons (Fsp3) is 0.464. The SMILES string of the molecule is CCN(CC)C1CCN(c2cccc3c4c(n(C)c23)CCCc2c-4[nH]c(=O)c(C(=O)O)c2OC(=O)C(F)(F)F)C1. The second kappa shape index (κ2) is 10.3. The summed E-state index contributed by atoms with van der Waals surface area (Å²) in [6.45, 7) is 7.93. The van der Waals surface area contributed by atoms with Gasteiger partial charge in [-0.3, -0.25) is 9.69 Å². The number of aryl methyl sites for hydroxylation is 1. The van der Waals surface area contributed by atoms with E-state index in [0.29, 0.717) is 24.4 Å². The number of esters is 1. The van der Waals surface area contributed by atoms with E-state index in [1.54, 1.807) is 0 Å². The Morgan fingerprint density at radius 3 is 2.58 bits per heavy atom. The Bertz CT molecular complexity index is 1550. The van der Waals surface area contributed by atoms with Crippen molar-refractivity contribution >= 4 is 28.5 Å². The van der Waals surface area contributed by atoms with Gasteiger partial charge in [0.2, 0.25) is 0 Å². The Kier molecular flexibility index (Phi) is 7.15. The standard InChI is InChI=1S/C28H31F3N4O5/c1-4-34(5-2)15-12-13-35(14-15)19-11-6-8-16-20-18(33(3)23(16)19)10-7-9-17-22(20)32-25(36)21(26(37)38)24(17)40-27(39)28(29,30)31/h6,8,11,15H,4-5,7,9-10,12-14H2,1-3H3,(H,32,36)(H,37,38). The summed E-state index contributed by atoms with van der Waals surface area (Å²) in [6, 6.07) is 6.25. The first-order valence-corrected chi connectivity index (χ1v) is 13.4. The van der Waals surface area contributed by atoms with Crippen LogP contribution in [0.1, 0.15) is 48.3 Å². The maximum absolute atomic E-state index is 13.1. The number of fused-ring (bicyclic) bond motifs is 5. The molecule has 5 rings (SSSR count). The number of H-pyrrole nitrogens is 1. The van der Waals surface area contributed by atoms with Gasteiger partial charge in [0.1, 0.15) is 0 Å². The van der Waals surface area contributed by atoms with Crippen LogP contribution in [0.4, 0.5) is 18.9 Å². The van der Waals surface area contributed by atoms with Crippen LogP contribution < -0.4 is 15.2 Å². The minimum Gasteiger partial charge on any atom is -0.477 e. The average molecular weight is 561 g/mol. The molecule has 1 aliphatic heterocycles. The molecular formula is C28H31F3N4O5. The number of nitrogens with zero attached hydrogens (tertiary/aromatic N) is 3. The van der Waals surface area contributed by atoms with Crippen LogP contribution in [0, 0.1) is 0 Å². The Hall–Kier alpha value is -3.80. The van der Waals surface area contributed by atoms with Crippen molar-refractivity contribution in [2.24, 2.45) is 7.05 Å². The van der Waals surface area contributed by atoms with Crippen LogP contribution in [-0.2, 0) is 24.7 Å². The first-order chi connectivity index (χ1) is 19.0. The molecule has 1 aliphatic carbocycles. The summed E-state index contributed by atoms with van der Waals surface area (Å²) < 4.78 is 46.0. The minimum atomic E-state index is -5.37. The number of rotatable bonds is 6. The number of nitrogens with one attached hydrogen (secondary N) is 1. The van der Waals surface area contributed by atoms with Gasteiger partial charge in [0, 0.05) is 48.4 Å². The summed E-state index contributed by atoms with van der Waals surface area (Å²) in [5, 5.41) is 10.4. The molecule has 2 aromatic heterocycles. The average Bonchev–Trinajstić information content (AvgIpc) is 3.42. The van der Waals surface area contributed by atoms with E-state index in [4.69, 9.17) is 0 Å². The molecule has 1 fully saturated rings. The number of carboxylic acid groups (broad SMARTS) is 1. The van der Waals surface area contributed by atoms with E-state index in [0.717, 1.165) is 54.9 Å². The number of anilines is 1. The highest BCUT2D eigenvalue weighted by atomic mass is 19.4. The predicted octanol–water partition coefficient (Wildman–Crippen LogP) is 4.11. The Morgan fingerprint density at radius 2 is 1.93 bits per heavy atom. The van der Waals surface area contributed by atoms with Gasteiger partial charge in [0.05, 0.1) is 16.9 Å². The Labute approximate surface area is 228 Å². The molecule has 12 heteroatoms. The number of benzene rings is 1. The molecule has 9 nitrogen and oxygen atoms in total. The van der Waals surface area contributed by atoms with Crippen LogP contribution in [0.5, 0.6) is 5.75 Å². The second-order valence-electron chi connectivity index (χ2n) is 10.2. The van der Waals surface area contributed by atoms with Gasteiger partial charge >= 0.3 is 18.1 Å². The van der Waals surface area contributed by atoms with Gasteiger partial charge in [-0.25, -0.2) is 9.59 Å². The molecular weight excluding hydrogens is 529 g/mol. The quantitative estimate of drug-likeness (QED) is 0.437. The number of hydrogen-bond acceptors (Lipinski definition) is 6. The normalized spacial score (nSPS) is 17.2. The first-order valence-electron chi connectivity index (χ1n) is 13.4. The highest BCUT2D eigenvalue weighted by Crippen LogP contribution is 2.44. The summed E-state index contributed by atoms with van der Waals surface area (Å²) in [5.74, 6) is -5.21. The molecule has 3 heterocycles. The number of halogens is 3. The number of para-hydroxylation sites is 1. The number of aromatic carboxylic acids is 1. The van der Waals surface area contributed by atoms with Crippen LogP contribution in [0.2, 0.25) is 0 Å². The third-order valence-electron chi connectivity index (χ3n) is 8.14. The maximum atomic E-state index is 13.1. The fourth-order valence-electron chi connectivity index (χ4n) is 6.33. The molecule has 1 aromatic carbocycles. The minimum absolute atomic E-state index is 0.0639. The highest BCUT2D eigenvalue weighted by Gasteiger charge is 2.43. The van der Waals surface area contributed by atoms with Crippen molar-refractivity contribution in [1.82, 2.24) is 14.5 Å². The molecule has 0 spiro atoms. The number of aromatic amines is 1. The number of alkyl halides is 3. The van der Waals surface area contributed by atoms with E-state index in [1.807, 2.05) is 29.8 Å². The van der Waals surface area contributed by atoms with Crippen molar-refractivity contribution in [3.05, 3.63) is 45.4 Å². The van der Waals surface area contributed by atoms with E-state index in [9.17, 15) is 32.7 Å². The molecule has 0 radical (unpaired) electrons. The van der Waals surface area contributed by atoms with Gasteiger partial charge in [0.25, 0.3) is 5.56 Å². The third kappa shape index (κ3) is 4.53. The maximum Gasteiger partial charge on any atom is 0.491 e. The molecule has 0 saturated carbocycles. The largest absolute Gasteiger partial charge is 0.491 e. The number of carbonyl (C=O) groups is 2. The highest BCUT2D eigenvalue weighted by molar-refractivity contribution is 6.05. The number of ether oxygens (including phenoxy) is 1. The van der Waals surface area contributed by atoms with Gasteiger partial charge in [-0.15, -0.1) is 0 Å². The summed E-state index contributed by atoms with van der Waals surface area (Å²) in [4.78, 5) is 44.0. The number of likely N-dealkylation sites (N-methyl/N-ethyl adjacent to an activating group) is 1. The van der Waals surface area contributed by atoms with E-state index >= 15 is 0 Å². The zero-order valence-corrected chi connectivity index (χ0v) is 22.5. The van der Waals surface area contributed by atoms with Crippen molar-refractivity contribution in [2.45, 2.75) is 51.7 Å². The summed E-state index contributed by atoms with van der Waals surface area (Å²) >= 11 is 0. The van der Waals surface area contributed by atoms with Gasteiger partial charge in [-0.1, -0.05) is 26.0 Å². The van der Waals surface area contributed by atoms with Gasteiger partial charge < -0.3 is 24.3 Å². The first kappa shape index (κ1) is 27.8. The van der Waals surface area contributed by atoms with Crippen LogP contribution >= 0.6 is 0 Å². The monoisotopic (exact) mass is 560 g/mol. The lowest BCUT2D eigenvalue weighted by molar-refractivity contribution is -0.189. The second-order valence-corrected chi connectivity index (χ2v) is 10.2. The van der Waals surface area contributed by atoms with Crippen LogP contribution in [0.3, 0.4) is 0 Å². The lowest BCUT2D eigenvalue weighted by atomic mass is 9.99. The molecule has 0 bridgehead atoms. The molecule has 1 saturated heterocycles. The number of pyridine rings is 1. The number of hydrogen-bond donors (Lipinski definition) is 2.